The van der Waals surface area contributed by atoms with Crippen LogP contribution in [0.1, 0.15) is 35.5 Å². The summed E-state index contributed by atoms with van der Waals surface area (Å²) in [6.45, 7) is 3.60. The molecule has 0 aromatic carbocycles. The number of hydrogen-bond donors (Lipinski definition) is 1. The molecule has 1 aromatic heterocycles. The molecule has 0 bridgehead atoms. The zero-order valence-electron chi connectivity index (χ0n) is 10.6. The normalized spacial score (nSPS) is 10.0. The fourth-order valence-electron chi connectivity index (χ4n) is 1.48. The second kappa shape index (κ2) is 6.89. The molecule has 0 aliphatic heterocycles. The van der Waals surface area contributed by atoms with Gasteiger partial charge in [0.05, 0.1) is 22.5 Å². The first-order valence-corrected chi connectivity index (χ1v) is 6.63. The predicted octanol–water partition coefficient (Wildman–Crippen LogP) is 0.566. The molecule has 1 heterocycles. The number of anilines is 1. The van der Waals surface area contributed by atoms with E-state index in [-0.39, 0.29) is 11.5 Å². The molecule has 1 aromatic rings. The van der Waals surface area contributed by atoms with Crippen LogP contribution in [0.2, 0.25) is 0 Å². The summed E-state index contributed by atoms with van der Waals surface area (Å²) in [5, 5.41) is 13.5. The molecule has 1 N–H and O–H groups in total. The van der Waals surface area contributed by atoms with Gasteiger partial charge in [0.1, 0.15) is 0 Å². The van der Waals surface area contributed by atoms with Crippen LogP contribution in [0.4, 0.5) is 5.00 Å². The third-order valence-corrected chi connectivity index (χ3v) is 3.28. The van der Waals surface area contributed by atoms with Gasteiger partial charge in [0.25, 0.3) is 0 Å². The maximum Gasteiger partial charge on any atom is 0.397 e. The summed E-state index contributed by atoms with van der Waals surface area (Å²) < 4.78 is 4.53. The molecule has 0 saturated heterocycles. The lowest BCUT2D eigenvalue weighted by molar-refractivity contribution is -0.254. The molecule has 0 radical (unpaired) electrons. The third-order valence-electron chi connectivity index (χ3n) is 2.21. The van der Waals surface area contributed by atoms with Crippen molar-refractivity contribution in [1.29, 1.82) is 0 Å². The van der Waals surface area contributed by atoms with Crippen molar-refractivity contribution >= 4 is 34.2 Å². The van der Waals surface area contributed by atoms with E-state index in [1.807, 2.05) is 6.92 Å². The average Bonchev–Trinajstić information content (AvgIpc) is 2.73. The molecule has 0 atom stereocenters. The Morgan fingerprint density at radius 1 is 1.37 bits per heavy atom. The second-order valence-electron chi connectivity index (χ2n) is 3.68. The van der Waals surface area contributed by atoms with E-state index in [0.717, 1.165) is 17.8 Å². The van der Waals surface area contributed by atoms with Gasteiger partial charge in [-0.25, -0.2) is 4.79 Å². The Kier molecular flexibility index (Phi) is 5.50. The molecule has 19 heavy (non-hydrogen) atoms. The van der Waals surface area contributed by atoms with E-state index in [4.69, 9.17) is 0 Å². The van der Waals surface area contributed by atoms with Gasteiger partial charge < -0.3 is 20.0 Å². The van der Waals surface area contributed by atoms with E-state index in [2.05, 4.69) is 10.1 Å². The maximum absolute atomic E-state index is 11.4. The highest BCUT2D eigenvalue weighted by molar-refractivity contribution is 7.18. The van der Waals surface area contributed by atoms with Crippen LogP contribution in [-0.2, 0) is 20.7 Å². The van der Waals surface area contributed by atoms with E-state index < -0.39 is 17.8 Å². The van der Waals surface area contributed by atoms with Gasteiger partial charge in [-0.15, -0.1) is 11.3 Å². The van der Waals surface area contributed by atoms with Crippen LogP contribution in [0, 0.1) is 0 Å². The molecule has 0 fully saturated rings. The Morgan fingerprint density at radius 2 is 2.05 bits per heavy atom. The summed E-state index contributed by atoms with van der Waals surface area (Å²) in [5.41, 5.74) is 0.589. The van der Waals surface area contributed by atoms with Crippen molar-refractivity contribution in [3.8, 4) is 0 Å². The first kappa shape index (κ1) is 15.2. The van der Waals surface area contributed by atoms with Crippen molar-refractivity contribution in [1.82, 2.24) is 0 Å². The number of hydrogen-bond acceptors (Lipinski definition) is 6. The molecular formula is C12H14NO5S-. The van der Waals surface area contributed by atoms with Gasteiger partial charge in [-0.1, -0.05) is 13.3 Å². The summed E-state index contributed by atoms with van der Waals surface area (Å²) >= 11 is 0.870. The highest BCUT2D eigenvalue weighted by atomic mass is 32.1. The largest absolute Gasteiger partial charge is 0.544 e. The lowest BCUT2D eigenvalue weighted by Crippen LogP contribution is -2.24. The highest BCUT2D eigenvalue weighted by Crippen LogP contribution is 2.27. The van der Waals surface area contributed by atoms with Crippen molar-refractivity contribution < 1.29 is 24.2 Å². The summed E-state index contributed by atoms with van der Waals surface area (Å²) in [5.74, 6) is -3.20. The quantitative estimate of drug-likeness (QED) is 0.630. The molecule has 0 aliphatic carbocycles. The van der Waals surface area contributed by atoms with Crippen molar-refractivity contribution in [3.63, 3.8) is 0 Å². The van der Waals surface area contributed by atoms with Crippen LogP contribution >= 0.6 is 11.3 Å². The molecule has 1 rings (SSSR count). The van der Waals surface area contributed by atoms with Crippen LogP contribution < -0.4 is 10.4 Å². The van der Waals surface area contributed by atoms with Gasteiger partial charge in [-0.3, -0.25) is 4.79 Å². The Labute approximate surface area is 114 Å². The number of nitrogens with one attached hydrogen (secondary N) is 1. The van der Waals surface area contributed by atoms with E-state index in [1.54, 1.807) is 6.92 Å². The maximum atomic E-state index is 11.4. The monoisotopic (exact) mass is 284 g/mol. The lowest BCUT2D eigenvalue weighted by atomic mass is 10.1. The number of ether oxygens (including phenoxy) is 1. The second-order valence-corrected chi connectivity index (χ2v) is 4.73. The van der Waals surface area contributed by atoms with Crippen LogP contribution in [-0.4, -0.2) is 24.5 Å². The highest BCUT2D eigenvalue weighted by Gasteiger charge is 2.17. The minimum Gasteiger partial charge on any atom is -0.544 e. The molecule has 0 aliphatic rings. The van der Waals surface area contributed by atoms with Crippen molar-refractivity contribution in [2.24, 2.45) is 0 Å². The van der Waals surface area contributed by atoms with Gasteiger partial charge in [0.2, 0.25) is 0 Å². The molecule has 0 spiro atoms. The first-order valence-electron chi connectivity index (χ1n) is 5.81. The SMILES string of the molecule is CCCc1cc(NC(=O)C(=O)OCC)sc1C(=O)[O-]. The summed E-state index contributed by atoms with van der Waals surface area (Å²) in [4.78, 5) is 33.5. The molecule has 1 amide bonds. The van der Waals surface area contributed by atoms with E-state index >= 15 is 0 Å². The number of rotatable bonds is 5. The minimum atomic E-state index is -1.29. The van der Waals surface area contributed by atoms with Gasteiger partial charge in [0.15, 0.2) is 0 Å². The van der Waals surface area contributed by atoms with Gasteiger partial charge >= 0.3 is 11.9 Å². The molecule has 6 nitrogen and oxygen atoms in total. The summed E-state index contributed by atoms with van der Waals surface area (Å²) in [7, 11) is 0. The Bertz CT molecular complexity index is 494. The molecule has 7 heteroatoms. The third kappa shape index (κ3) is 4.06. The number of esters is 1. The Hall–Kier alpha value is -1.89. The number of aryl methyl sites for hydroxylation is 1. The molecular weight excluding hydrogens is 270 g/mol. The molecule has 0 saturated carbocycles. The van der Waals surface area contributed by atoms with Crippen LogP contribution in [0.15, 0.2) is 6.07 Å². The number of carbonyl (C=O) groups excluding carboxylic acids is 3. The topological polar surface area (TPSA) is 95.5 Å². The van der Waals surface area contributed by atoms with Gasteiger partial charge in [-0.2, -0.15) is 0 Å². The molecule has 0 unspecified atom stereocenters. The van der Waals surface area contributed by atoms with Crippen molar-refractivity contribution in [2.75, 3.05) is 11.9 Å². The van der Waals surface area contributed by atoms with Crippen LogP contribution in [0.5, 0.6) is 0 Å². The standard InChI is InChI=1S/C12H15NO5S/c1-3-5-7-6-8(19-9(7)11(15)16)13-10(14)12(17)18-4-2/h6H,3-5H2,1-2H3,(H,13,14)(H,15,16)/p-1. The molecule has 104 valence electrons. The Balaban J connectivity index is 2.84. The average molecular weight is 284 g/mol. The van der Waals surface area contributed by atoms with E-state index in [9.17, 15) is 19.5 Å². The van der Waals surface area contributed by atoms with Crippen molar-refractivity contribution in [2.45, 2.75) is 26.7 Å². The number of aromatic carboxylic acids is 1. The van der Waals surface area contributed by atoms with Gasteiger partial charge in [-0.05, 0) is 25.0 Å². The fourth-order valence-corrected chi connectivity index (χ4v) is 2.42. The minimum absolute atomic E-state index is 0.0704. The van der Waals surface area contributed by atoms with Crippen LogP contribution in [0.3, 0.4) is 0 Å². The summed E-state index contributed by atoms with van der Waals surface area (Å²) in [6, 6.07) is 1.54. The van der Waals surface area contributed by atoms with E-state index in [1.165, 1.54) is 6.07 Å². The van der Waals surface area contributed by atoms with E-state index in [0.29, 0.717) is 17.0 Å². The van der Waals surface area contributed by atoms with Crippen LogP contribution in [0.25, 0.3) is 0 Å². The number of carboxylic acids is 1. The van der Waals surface area contributed by atoms with Gasteiger partial charge in [0, 0.05) is 0 Å². The smallest absolute Gasteiger partial charge is 0.397 e. The lowest BCUT2D eigenvalue weighted by Gasteiger charge is -2.01. The summed E-state index contributed by atoms with van der Waals surface area (Å²) in [6.07, 6.45) is 1.33. The number of carbonyl (C=O) groups is 3. The zero-order valence-corrected chi connectivity index (χ0v) is 11.5. The fraction of sp³-hybridized carbons (Fsp3) is 0.417. The zero-order chi connectivity index (χ0) is 14.4. The number of thiophene rings is 1. The number of carboxylic acid groups (broad SMARTS) is 1. The number of amides is 1. The first-order chi connectivity index (χ1) is 8.99. The van der Waals surface area contributed by atoms with Crippen molar-refractivity contribution in [3.05, 3.63) is 16.5 Å². The Morgan fingerprint density at radius 3 is 2.58 bits per heavy atom. The predicted molar refractivity (Wildman–Crippen MR) is 67.9 cm³/mol.